The van der Waals surface area contributed by atoms with Gasteiger partial charge in [-0.1, -0.05) is 0 Å². The molecule has 0 saturated heterocycles. The lowest BCUT2D eigenvalue weighted by Crippen LogP contribution is -1.99. The summed E-state index contributed by atoms with van der Waals surface area (Å²) in [6, 6.07) is 3.20. The molecule has 0 spiro atoms. The van der Waals surface area contributed by atoms with Gasteiger partial charge >= 0.3 is 5.97 Å². The van der Waals surface area contributed by atoms with Crippen LogP contribution in [0.25, 0.3) is 0 Å². The summed E-state index contributed by atoms with van der Waals surface area (Å²) in [5.41, 5.74) is 0.0305. The minimum absolute atomic E-state index is 0.0305. The van der Waals surface area contributed by atoms with Gasteiger partial charge in [-0.25, -0.2) is 9.78 Å². The Morgan fingerprint density at radius 1 is 1.62 bits per heavy atom. The Balaban J connectivity index is 2.73. The molecule has 0 bridgehead atoms. The van der Waals surface area contributed by atoms with Crippen molar-refractivity contribution in [1.82, 2.24) is 4.98 Å². The van der Waals surface area contributed by atoms with Crippen LogP contribution in [0.3, 0.4) is 0 Å². The van der Waals surface area contributed by atoms with E-state index >= 15 is 0 Å². The van der Waals surface area contributed by atoms with Gasteiger partial charge in [-0.2, -0.15) is 0 Å². The van der Waals surface area contributed by atoms with E-state index in [-0.39, 0.29) is 12.3 Å². The van der Waals surface area contributed by atoms with Crippen molar-refractivity contribution in [2.24, 2.45) is 0 Å². The maximum Gasteiger partial charge on any atom is 0.354 e. The third-order valence-electron chi connectivity index (χ3n) is 1.31. The highest BCUT2D eigenvalue weighted by Gasteiger charge is 2.04. The van der Waals surface area contributed by atoms with Crippen LogP contribution in [-0.4, -0.2) is 33.5 Å². The molecule has 0 aliphatic rings. The van der Waals surface area contributed by atoms with E-state index < -0.39 is 5.97 Å². The number of pyridine rings is 1. The lowest BCUT2D eigenvalue weighted by Gasteiger charge is -1.99. The van der Waals surface area contributed by atoms with E-state index in [1.807, 2.05) is 0 Å². The Bertz CT molecular complexity index is 303. The molecule has 0 unspecified atom stereocenters. The van der Waals surface area contributed by atoms with Gasteiger partial charge in [0.25, 0.3) is 0 Å². The summed E-state index contributed by atoms with van der Waals surface area (Å²) >= 11 is 1.40. The number of aliphatic hydroxyl groups is 1. The molecule has 5 heteroatoms. The zero-order valence-electron chi connectivity index (χ0n) is 6.80. The topological polar surface area (TPSA) is 70.4 Å². The number of hydrogen-bond acceptors (Lipinski definition) is 4. The quantitative estimate of drug-likeness (QED) is 0.704. The average Bonchev–Trinajstić information content (AvgIpc) is 2.15. The summed E-state index contributed by atoms with van der Waals surface area (Å²) in [5, 5.41) is 17.2. The van der Waals surface area contributed by atoms with Crippen LogP contribution in [0.2, 0.25) is 0 Å². The molecule has 1 aromatic heterocycles. The molecule has 0 radical (unpaired) electrons. The Labute approximate surface area is 79.6 Å². The van der Waals surface area contributed by atoms with Crippen LogP contribution in [0.1, 0.15) is 10.5 Å². The van der Waals surface area contributed by atoms with Crippen LogP contribution in [0.4, 0.5) is 0 Å². The van der Waals surface area contributed by atoms with Crippen LogP contribution in [0.15, 0.2) is 23.2 Å². The molecule has 0 amide bonds. The maximum absolute atomic E-state index is 10.5. The van der Waals surface area contributed by atoms with E-state index in [1.165, 1.54) is 24.0 Å². The molecule has 1 heterocycles. The molecule has 0 aliphatic carbocycles. The van der Waals surface area contributed by atoms with Gasteiger partial charge in [-0.15, -0.1) is 11.8 Å². The number of rotatable bonds is 4. The van der Waals surface area contributed by atoms with Gasteiger partial charge in [0.1, 0.15) is 5.69 Å². The van der Waals surface area contributed by atoms with E-state index in [9.17, 15) is 4.79 Å². The standard InChI is InChI=1S/C8H9NO3S/c10-3-4-13-6-1-2-9-7(5-6)8(11)12/h1-2,5,10H,3-4H2,(H,11,12). The first-order valence-corrected chi connectivity index (χ1v) is 4.65. The molecule has 70 valence electrons. The number of carbonyl (C=O) groups is 1. The Morgan fingerprint density at radius 3 is 3.00 bits per heavy atom. The molecule has 0 fully saturated rings. The summed E-state index contributed by atoms with van der Waals surface area (Å²) in [5.74, 6) is -0.477. The number of aromatic nitrogens is 1. The fraction of sp³-hybridized carbons (Fsp3) is 0.250. The lowest BCUT2D eigenvalue weighted by molar-refractivity contribution is 0.0690. The second-order valence-electron chi connectivity index (χ2n) is 2.25. The third kappa shape index (κ3) is 3.04. The normalized spacial score (nSPS) is 9.92. The molecule has 2 N–H and O–H groups in total. The minimum atomic E-state index is -1.04. The first kappa shape index (κ1) is 10.0. The van der Waals surface area contributed by atoms with E-state index in [0.717, 1.165) is 4.90 Å². The highest BCUT2D eigenvalue weighted by atomic mass is 32.2. The van der Waals surface area contributed by atoms with Crippen molar-refractivity contribution < 1.29 is 15.0 Å². The predicted molar refractivity (Wildman–Crippen MR) is 49.0 cm³/mol. The molecule has 4 nitrogen and oxygen atoms in total. The molecular weight excluding hydrogens is 190 g/mol. The predicted octanol–water partition coefficient (Wildman–Crippen LogP) is 0.864. The van der Waals surface area contributed by atoms with Crippen molar-refractivity contribution in [1.29, 1.82) is 0 Å². The molecule has 13 heavy (non-hydrogen) atoms. The summed E-state index contributed by atoms with van der Waals surface area (Å²) < 4.78 is 0. The summed E-state index contributed by atoms with van der Waals surface area (Å²) in [6.07, 6.45) is 1.45. The Morgan fingerprint density at radius 2 is 2.38 bits per heavy atom. The van der Waals surface area contributed by atoms with Gasteiger partial charge in [0, 0.05) is 16.8 Å². The van der Waals surface area contributed by atoms with E-state index in [2.05, 4.69) is 4.98 Å². The number of carboxylic acids is 1. The first-order chi connectivity index (χ1) is 6.24. The van der Waals surface area contributed by atoms with Crippen molar-refractivity contribution >= 4 is 17.7 Å². The molecule has 0 aromatic carbocycles. The average molecular weight is 199 g/mol. The van der Waals surface area contributed by atoms with E-state index in [1.54, 1.807) is 6.07 Å². The minimum Gasteiger partial charge on any atom is -0.477 e. The first-order valence-electron chi connectivity index (χ1n) is 3.67. The second kappa shape index (κ2) is 4.84. The third-order valence-corrected chi connectivity index (χ3v) is 2.28. The number of hydrogen-bond donors (Lipinski definition) is 2. The fourth-order valence-electron chi connectivity index (χ4n) is 0.781. The van der Waals surface area contributed by atoms with E-state index in [0.29, 0.717) is 5.75 Å². The molecule has 0 atom stereocenters. The Kier molecular flexibility index (Phi) is 3.72. The second-order valence-corrected chi connectivity index (χ2v) is 3.42. The van der Waals surface area contributed by atoms with Crippen molar-refractivity contribution in [2.45, 2.75) is 4.90 Å². The van der Waals surface area contributed by atoms with Crippen LogP contribution in [0.5, 0.6) is 0 Å². The van der Waals surface area contributed by atoms with Crippen LogP contribution in [0, 0.1) is 0 Å². The van der Waals surface area contributed by atoms with E-state index in [4.69, 9.17) is 10.2 Å². The fourth-order valence-corrected chi connectivity index (χ4v) is 1.46. The molecule has 0 saturated carbocycles. The lowest BCUT2D eigenvalue weighted by atomic mass is 10.3. The van der Waals surface area contributed by atoms with Gasteiger partial charge in [0.05, 0.1) is 6.61 Å². The monoisotopic (exact) mass is 199 g/mol. The van der Waals surface area contributed by atoms with Gasteiger partial charge in [0.15, 0.2) is 0 Å². The molecule has 1 aromatic rings. The van der Waals surface area contributed by atoms with Crippen LogP contribution in [-0.2, 0) is 0 Å². The van der Waals surface area contributed by atoms with Gasteiger partial charge < -0.3 is 10.2 Å². The SMILES string of the molecule is O=C(O)c1cc(SCCO)ccn1. The van der Waals surface area contributed by atoms with Crippen molar-refractivity contribution in [2.75, 3.05) is 12.4 Å². The van der Waals surface area contributed by atoms with Crippen molar-refractivity contribution in [3.63, 3.8) is 0 Å². The van der Waals surface area contributed by atoms with Crippen LogP contribution >= 0.6 is 11.8 Å². The van der Waals surface area contributed by atoms with Crippen LogP contribution < -0.4 is 0 Å². The Hall–Kier alpha value is -1.07. The van der Waals surface area contributed by atoms with Crippen molar-refractivity contribution in [3.8, 4) is 0 Å². The number of aliphatic hydroxyl groups excluding tert-OH is 1. The highest BCUT2D eigenvalue weighted by Crippen LogP contribution is 2.17. The number of nitrogens with zero attached hydrogens (tertiary/aromatic N) is 1. The number of thioether (sulfide) groups is 1. The number of carboxylic acid groups (broad SMARTS) is 1. The number of aromatic carboxylic acids is 1. The van der Waals surface area contributed by atoms with Gasteiger partial charge in [-0.05, 0) is 12.1 Å². The van der Waals surface area contributed by atoms with Crippen molar-refractivity contribution in [3.05, 3.63) is 24.0 Å². The van der Waals surface area contributed by atoms with Gasteiger partial charge in [0.2, 0.25) is 0 Å². The molecule has 1 rings (SSSR count). The highest BCUT2D eigenvalue weighted by molar-refractivity contribution is 7.99. The zero-order valence-corrected chi connectivity index (χ0v) is 7.62. The molecular formula is C8H9NO3S. The smallest absolute Gasteiger partial charge is 0.354 e. The summed E-state index contributed by atoms with van der Waals surface area (Å²) in [4.78, 5) is 15.0. The largest absolute Gasteiger partial charge is 0.477 e. The maximum atomic E-state index is 10.5. The summed E-state index contributed by atoms with van der Waals surface area (Å²) in [6.45, 7) is 0.0788. The van der Waals surface area contributed by atoms with Gasteiger partial charge in [-0.3, -0.25) is 0 Å². The molecule has 0 aliphatic heterocycles. The summed E-state index contributed by atoms with van der Waals surface area (Å²) in [7, 11) is 0. The zero-order chi connectivity index (χ0) is 9.68.